The first-order chi connectivity index (χ1) is 6.72. The zero-order valence-corrected chi connectivity index (χ0v) is 10.2. The molecule has 0 aromatic heterocycles. The maximum atomic E-state index is 3.67. The third-order valence-corrected chi connectivity index (χ3v) is 3.61. The van der Waals surface area contributed by atoms with Crippen molar-refractivity contribution >= 4 is 0 Å². The van der Waals surface area contributed by atoms with E-state index in [4.69, 9.17) is 0 Å². The van der Waals surface area contributed by atoms with Gasteiger partial charge in [-0.1, -0.05) is 33.1 Å². The lowest BCUT2D eigenvalue weighted by atomic mass is 9.83. The lowest BCUT2D eigenvalue weighted by molar-refractivity contribution is 0.274. The van der Waals surface area contributed by atoms with Gasteiger partial charge in [-0.05, 0) is 44.6 Å². The second kappa shape index (κ2) is 6.44. The molecule has 0 bridgehead atoms. The highest BCUT2D eigenvalue weighted by Gasteiger charge is 2.18. The molecular formula is C13H27N. The van der Waals surface area contributed by atoms with Gasteiger partial charge in [0, 0.05) is 6.04 Å². The van der Waals surface area contributed by atoms with E-state index in [1.165, 1.54) is 45.1 Å². The first kappa shape index (κ1) is 12.0. The standard InChI is InChI=1S/C13H27N/c1-4-5-12(3)14-10-13-8-6-11(2)7-9-13/h11-14H,4-10H2,1-3H3. The predicted molar refractivity (Wildman–Crippen MR) is 63.5 cm³/mol. The first-order valence-corrected chi connectivity index (χ1v) is 6.45. The Kier molecular flexibility index (Phi) is 5.54. The zero-order valence-electron chi connectivity index (χ0n) is 10.2. The van der Waals surface area contributed by atoms with E-state index in [0.29, 0.717) is 0 Å². The van der Waals surface area contributed by atoms with Crippen LogP contribution in [0, 0.1) is 11.8 Å². The third kappa shape index (κ3) is 4.45. The number of rotatable bonds is 5. The van der Waals surface area contributed by atoms with E-state index in [1.807, 2.05) is 0 Å². The first-order valence-electron chi connectivity index (χ1n) is 6.45. The van der Waals surface area contributed by atoms with Gasteiger partial charge in [0.25, 0.3) is 0 Å². The summed E-state index contributed by atoms with van der Waals surface area (Å²) in [6.45, 7) is 8.23. The quantitative estimate of drug-likeness (QED) is 0.710. The summed E-state index contributed by atoms with van der Waals surface area (Å²) in [6, 6.07) is 0.722. The molecule has 14 heavy (non-hydrogen) atoms. The largest absolute Gasteiger partial charge is 0.314 e. The molecular weight excluding hydrogens is 170 g/mol. The molecule has 0 radical (unpaired) electrons. The molecule has 1 saturated carbocycles. The Labute approximate surface area is 89.7 Å². The van der Waals surface area contributed by atoms with Crippen molar-refractivity contribution in [3.05, 3.63) is 0 Å². The molecule has 1 unspecified atom stereocenters. The van der Waals surface area contributed by atoms with Gasteiger partial charge in [-0.15, -0.1) is 0 Å². The number of hydrogen-bond donors (Lipinski definition) is 1. The van der Waals surface area contributed by atoms with Gasteiger partial charge in [-0.2, -0.15) is 0 Å². The van der Waals surface area contributed by atoms with Crippen molar-refractivity contribution in [2.75, 3.05) is 6.54 Å². The van der Waals surface area contributed by atoms with Crippen LogP contribution in [0.3, 0.4) is 0 Å². The summed E-state index contributed by atoms with van der Waals surface area (Å²) in [5.74, 6) is 1.95. The van der Waals surface area contributed by atoms with Crippen LogP contribution < -0.4 is 5.32 Å². The van der Waals surface area contributed by atoms with Crippen LogP contribution in [0.15, 0.2) is 0 Å². The molecule has 0 aliphatic heterocycles. The molecule has 1 aliphatic carbocycles. The summed E-state index contributed by atoms with van der Waals surface area (Å²) < 4.78 is 0. The Bertz CT molecular complexity index is 136. The van der Waals surface area contributed by atoms with Crippen LogP contribution in [0.5, 0.6) is 0 Å². The molecule has 0 heterocycles. The average Bonchev–Trinajstić information content (AvgIpc) is 2.17. The van der Waals surface area contributed by atoms with Crippen LogP contribution in [0.2, 0.25) is 0 Å². The van der Waals surface area contributed by atoms with Crippen molar-refractivity contribution in [3.8, 4) is 0 Å². The Morgan fingerprint density at radius 2 is 1.86 bits per heavy atom. The summed E-state index contributed by atoms with van der Waals surface area (Å²) in [4.78, 5) is 0. The van der Waals surface area contributed by atoms with E-state index in [-0.39, 0.29) is 0 Å². The Morgan fingerprint density at radius 1 is 1.21 bits per heavy atom. The molecule has 0 amide bonds. The SMILES string of the molecule is CCCC(C)NCC1CCC(C)CC1. The number of hydrogen-bond acceptors (Lipinski definition) is 1. The highest BCUT2D eigenvalue weighted by Crippen LogP contribution is 2.27. The minimum atomic E-state index is 0.722. The van der Waals surface area contributed by atoms with Crippen molar-refractivity contribution in [1.82, 2.24) is 5.32 Å². The third-order valence-electron chi connectivity index (χ3n) is 3.61. The van der Waals surface area contributed by atoms with Gasteiger partial charge in [0.2, 0.25) is 0 Å². The topological polar surface area (TPSA) is 12.0 Å². The average molecular weight is 197 g/mol. The molecule has 1 aliphatic rings. The van der Waals surface area contributed by atoms with Gasteiger partial charge in [-0.25, -0.2) is 0 Å². The van der Waals surface area contributed by atoms with E-state index in [2.05, 4.69) is 26.1 Å². The maximum absolute atomic E-state index is 3.67. The molecule has 1 rings (SSSR count). The van der Waals surface area contributed by atoms with E-state index in [0.717, 1.165) is 17.9 Å². The summed E-state index contributed by atoms with van der Waals surface area (Å²) in [6.07, 6.45) is 8.43. The van der Waals surface area contributed by atoms with Crippen LogP contribution in [0.1, 0.15) is 59.3 Å². The molecule has 0 aromatic rings. The van der Waals surface area contributed by atoms with Gasteiger partial charge in [0.05, 0.1) is 0 Å². The molecule has 84 valence electrons. The van der Waals surface area contributed by atoms with Gasteiger partial charge in [0.1, 0.15) is 0 Å². The molecule has 1 atom stereocenters. The summed E-state index contributed by atoms with van der Waals surface area (Å²) in [5.41, 5.74) is 0. The molecule has 1 heteroatoms. The van der Waals surface area contributed by atoms with Crippen molar-refractivity contribution in [3.63, 3.8) is 0 Å². The van der Waals surface area contributed by atoms with Crippen molar-refractivity contribution in [2.45, 2.75) is 65.3 Å². The second-order valence-electron chi connectivity index (χ2n) is 5.22. The zero-order chi connectivity index (χ0) is 10.4. The molecule has 0 saturated heterocycles. The highest BCUT2D eigenvalue weighted by molar-refractivity contribution is 4.73. The highest BCUT2D eigenvalue weighted by atomic mass is 14.9. The van der Waals surface area contributed by atoms with Gasteiger partial charge < -0.3 is 5.32 Å². The molecule has 0 aromatic carbocycles. The maximum Gasteiger partial charge on any atom is 0.00387 e. The van der Waals surface area contributed by atoms with Crippen LogP contribution in [-0.2, 0) is 0 Å². The van der Waals surface area contributed by atoms with Crippen molar-refractivity contribution in [1.29, 1.82) is 0 Å². The van der Waals surface area contributed by atoms with Crippen molar-refractivity contribution in [2.24, 2.45) is 11.8 Å². The smallest absolute Gasteiger partial charge is 0.00387 e. The minimum Gasteiger partial charge on any atom is -0.314 e. The normalized spacial score (nSPS) is 30.2. The summed E-state index contributed by atoms with van der Waals surface area (Å²) in [5, 5.41) is 3.67. The van der Waals surface area contributed by atoms with Crippen molar-refractivity contribution < 1.29 is 0 Å². The van der Waals surface area contributed by atoms with E-state index in [1.54, 1.807) is 0 Å². The fourth-order valence-electron chi connectivity index (χ4n) is 2.44. The number of nitrogens with one attached hydrogen (secondary N) is 1. The molecule has 1 fully saturated rings. The van der Waals surface area contributed by atoms with Crippen LogP contribution in [0.25, 0.3) is 0 Å². The second-order valence-corrected chi connectivity index (χ2v) is 5.22. The predicted octanol–water partition coefficient (Wildman–Crippen LogP) is 3.59. The monoisotopic (exact) mass is 197 g/mol. The minimum absolute atomic E-state index is 0.722. The lowest BCUT2D eigenvalue weighted by Crippen LogP contribution is -2.32. The summed E-state index contributed by atoms with van der Waals surface area (Å²) in [7, 11) is 0. The van der Waals surface area contributed by atoms with Crippen LogP contribution in [-0.4, -0.2) is 12.6 Å². The Morgan fingerprint density at radius 3 is 2.43 bits per heavy atom. The van der Waals surface area contributed by atoms with Crippen LogP contribution in [0.4, 0.5) is 0 Å². The Hall–Kier alpha value is -0.0400. The fraction of sp³-hybridized carbons (Fsp3) is 1.00. The summed E-state index contributed by atoms with van der Waals surface area (Å²) >= 11 is 0. The van der Waals surface area contributed by atoms with E-state index in [9.17, 15) is 0 Å². The van der Waals surface area contributed by atoms with Crippen LogP contribution >= 0.6 is 0 Å². The lowest BCUT2D eigenvalue weighted by Gasteiger charge is -2.27. The van der Waals surface area contributed by atoms with Gasteiger partial charge in [0.15, 0.2) is 0 Å². The fourth-order valence-corrected chi connectivity index (χ4v) is 2.44. The van der Waals surface area contributed by atoms with E-state index >= 15 is 0 Å². The molecule has 1 nitrogen and oxygen atoms in total. The molecule has 0 spiro atoms. The van der Waals surface area contributed by atoms with E-state index < -0.39 is 0 Å². The van der Waals surface area contributed by atoms with Gasteiger partial charge >= 0.3 is 0 Å². The van der Waals surface area contributed by atoms with Gasteiger partial charge in [-0.3, -0.25) is 0 Å². The Balaban J connectivity index is 2.06. The molecule has 1 N–H and O–H groups in total.